The van der Waals surface area contributed by atoms with Crippen LogP contribution in [0.3, 0.4) is 0 Å². The maximum Gasteiger partial charge on any atom is 0.407 e. The number of ether oxygens (including phenoxy) is 2. The molecule has 33 heavy (non-hydrogen) atoms. The first kappa shape index (κ1) is 28.9. The Morgan fingerprint density at radius 1 is 0.970 bits per heavy atom. The lowest BCUT2D eigenvalue weighted by Gasteiger charge is -2.31. The molecule has 182 valence electrons. The number of alkyl carbamates (subject to hydrolysis) is 1. The molecule has 5 nitrogen and oxygen atoms in total. The molecule has 1 amide bonds. The van der Waals surface area contributed by atoms with Crippen LogP contribution in [0.4, 0.5) is 4.79 Å². The molecule has 0 radical (unpaired) electrons. The van der Waals surface area contributed by atoms with Gasteiger partial charge >= 0.3 is 6.09 Å². The van der Waals surface area contributed by atoms with Crippen molar-refractivity contribution in [3.05, 3.63) is 71.3 Å². The number of hydrogen-bond donors (Lipinski definition) is 1. The summed E-state index contributed by atoms with van der Waals surface area (Å²) >= 11 is 3.30. The van der Waals surface area contributed by atoms with Crippen LogP contribution in [0.5, 0.6) is 0 Å². The minimum atomic E-state index is -0.742. The van der Waals surface area contributed by atoms with Crippen LogP contribution in [0.1, 0.15) is 51.3 Å². The first-order valence-electron chi connectivity index (χ1n) is 11.3. The van der Waals surface area contributed by atoms with Crippen molar-refractivity contribution in [2.75, 3.05) is 25.1 Å². The number of hydrogen-bond acceptors (Lipinski definition) is 4. The smallest absolute Gasteiger partial charge is 0.407 e. The summed E-state index contributed by atoms with van der Waals surface area (Å²) in [6.07, 6.45) is -0.462. The van der Waals surface area contributed by atoms with E-state index in [1.165, 1.54) is 0 Å². The molecule has 0 aliphatic rings. The molecular formula is C27H38BrNO4. The van der Waals surface area contributed by atoms with Gasteiger partial charge in [0.05, 0.1) is 24.0 Å². The fourth-order valence-electron chi connectivity index (χ4n) is 3.13. The van der Waals surface area contributed by atoms with E-state index in [9.17, 15) is 9.59 Å². The molecule has 0 saturated carbocycles. The average Bonchev–Trinajstić information content (AvgIpc) is 2.82. The lowest BCUT2D eigenvalue weighted by Crippen LogP contribution is -2.41. The van der Waals surface area contributed by atoms with Gasteiger partial charge in [0.2, 0.25) is 0 Å². The first-order chi connectivity index (χ1) is 15.7. The minimum absolute atomic E-state index is 0.0681. The van der Waals surface area contributed by atoms with Crippen LogP contribution in [-0.2, 0) is 26.3 Å². The first-order valence-corrected chi connectivity index (χ1v) is 12.5. The summed E-state index contributed by atoms with van der Waals surface area (Å²) in [4.78, 5) is 24.7. The molecule has 2 aromatic rings. The van der Waals surface area contributed by atoms with Crippen molar-refractivity contribution in [3.8, 4) is 0 Å². The molecule has 0 bridgehead atoms. The van der Waals surface area contributed by atoms with E-state index >= 15 is 0 Å². The molecule has 0 fully saturated rings. The molecule has 1 N–H and O–H groups in total. The van der Waals surface area contributed by atoms with E-state index in [2.05, 4.69) is 21.2 Å². The summed E-state index contributed by atoms with van der Waals surface area (Å²) in [6, 6.07) is 17.5. The highest BCUT2D eigenvalue weighted by atomic mass is 79.9. The molecule has 0 aromatic heterocycles. The molecule has 1 unspecified atom stereocenters. The van der Waals surface area contributed by atoms with Gasteiger partial charge in [0, 0.05) is 12.0 Å². The largest absolute Gasteiger partial charge is 0.445 e. The van der Waals surface area contributed by atoms with Crippen LogP contribution in [0.15, 0.2) is 54.6 Å². The number of Topliss-reactive ketones (excluding diaryl/α,β-unsaturated/α-hetero) is 1. The van der Waals surface area contributed by atoms with E-state index in [0.29, 0.717) is 13.2 Å². The number of carbonyl (C=O) groups excluding carboxylic acids is 2. The number of halogens is 1. The van der Waals surface area contributed by atoms with Crippen LogP contribution >= 0.6 is 15.9 Å². The van der Waals surface area contributed by atoms with Crippen LogP contribution in [-0.4, -0.2) is 37.0 Å². The topological polar surface area (TPSA) is 64.6 Å². The Morgan fingerprint density at radius 3 is 2.24 bits per heavy atom. The standard InChI is InChI=1S/C25H32BrNO4.C2H6/c1-19-9-8-12-21(13-19)25(4,22(28)14-26)18-30-17-24(2,3)16-27-23(29)31-15-20-10-6-5-7-11-20;1-2/h5-13H,14-18H2,1-4H3,(H,27,29);1-2H3. The van der Waals surface area contributed by atoms with Gasteiger partial charge < -0.3 is 14.8 Å². The van der Waals surface area contributed by atoms with Gasteiger partial charge in [-0.25, -0.2) is 4.79 Å². The van der Waals surface area contributed by atoms with E-state index in [4.69, 9.17) is 9.47 Å². The van der Waals surface area contributed by atoms with E-state index in [-0.39, 0.29) is 29.7 Å². The van der Waals surface area contributed by atoms with Crippen molar-refractivity contribution in [3.63, 3.8) is 0 Å². The lowest BCUT2D eigenvalue weighted by atomic mass is 9.79. The van der Waals surface area contributed by atoms with E-state index < -0.39 is 11.5 Å². The predicted octanol–water partition coefficient (Wildman–Crippen LogP) is 6.21. The van der Waals surface area contributed by atoms with Crippen LogP contribution in [0.2, 0.25) is 0 Å². The number of aryl methyl sites for hydroxylation is 1. The lowest BCUT2D eigenvalue weighted by molar-refractivity contribution is -0.124. The zero-order valence-electron chi connectivity index (χ0n) is 20.7. The van der Waals surface area contributed by atoms with Gasteiger partial charge in [-0.2, -0.15) is 0 Å². The Bertz CT molecular complexity index is 869. The molecule has 2 aromatic carbocycles. The molecule has 0 spiro atoms. The molecule has 0 heterocycles. The quantitative estimate of drug-likeness (QED) is 0.358. The maximum atomic E-state index is 12.7. The second kappa shape index (κ2) is 14.2. The third-order valence-electron chi connectivity index (χ3n) is 5.20. The number of benzene rings is 2. The van der Waals surface area contributed by atoms with Crippen molar-refractivity contribution in [1.82, 2.24) is 5.32 Å². The highest BCUT2D eigenvalue weighted by molar-refractivity contribution is 9.09. The molecule has 6 heteroatoms. The normalized spacial score (nSPS) is 12.7. The predicted molar refractivity (Wildman–Crippen MR) is 138 cm³/mol. The second-order valence-electron chi connectivity index (χ2n) is 8.83. The van der Waals surface area contributed by atoms with Crippen molar-refractivity contribution in [1.29, 1.82) is 0 Å². The molecule has 0 aliphatic heterocycles. The summed E-state index contributed by atoms with van der Waals surface area (Å²) in [5, 5.41) is 3.06. The Balaban J connectivity index is 0.00000265. The molecule has 1 atom stereocenters. The number of amides is 1. The number of ketones is 1. The summed E-state index contributed by atoms with van der Waals surface area (Å²) in [5.74, 6) is 0.0681. The third kappa shape index (κ3) is 9.68. The summed E-state index contributed by atoms with van der Waals surface area (Å²) in [5.41, 5.74) is 1.92. The van der Waals surface area contributed by atoms with Crippen molar-refractivity contribution in [2.24, 2.45) is 5.41 Å². The average molecular weight is 521 g/mol. The highest BCUT2D eigenvalue weighted by Crippen LogP contribution is 2.28. The van der Waals surface area contributed by atoms with Gasteiger partial charge in [0.25, 0.3) is 0 Å². The van der Waals surface area contributed by atoms with Gasteiger partial charge in [-0.15, -0.1) is 0 Å². The molecule has 0 saturated heterocycles. The Hall–Kier alpha value is -2.18. The van der Waals surface area contributed by atoms with Gasteiger partial charge in [-0.3, -0.25) is 4.79 Å². The van der Waals surface area contributed by atoms with Gasteiger partial charge in [0.15, 0.2) is 5.78 Å². The Kier molecular flexibility index (Phi) is 12.4. The summed E-state index contributed by atoms with van der Waals surface area (Å²) < 4.78 is 11.3. The fraction of sp³-hybridized carbons (Fsp3) is 0.481. The summed E-state index contributed by atoms with van der Waals surface area (Å²) in [6.45, 7) is 13.2. The van der Waals surface area contributed by atoms with Crippen molar-refractivity contribution in [2.45, 2.75) is 53.6 Å². The SMILES string of the molecule is CC.Cc1cccc(C(C)(COCC(C)(C)CNC(=O)OCc2ccccc2)C(=O)CBr)c1. The second-order valence-corrected chi connectivity index (χ2v) is 9.39. The van der Waals surface area contributed by atoms with Gasteiger partial charge in [-0.1, -0.05) is 104 Å². The number of nitrogens with one attached hydrogen (secondary N) is 1. The number of carbonyl (C=O) groups is 2. The molecule has 2 rings (SSSR count). The Morgan fingerprint density at radius 2 is 1.64 bits per heavy atom. The van der Waals surface area contributed by atoms with E-state index in [1.54, 1.807) is 0 Å². The number of alkyl halides is 1. The van der Waals surface area contributed by atoms with Gasteiger partial charge in [-0.05, 0) is 25.0 Å². The van der Waals surface area contributed by atoms with E-state index in [0.717, 1.165) is 16.7 Å². The van der Waals surface area contributed by atoms with Gasteiger partial charge in [0.1, 0.15) is 6.61 Å². The monoisotopic (exact) mass is 519 g/mol. The van der Waals surface area contributed by atoms with E-state index in [1.807, 2.05) is 96.1 Å². The number of rotatable bonds is 11. The van der Waals surface area contributed by atoms with Crippen LogP contribution in [0, 0.1) is 12.3 Å². The maximum absolute atomic E-state index is 12.7. The summed E-state index contributed by atoms with van der Waals surface area (Å²) in [7, 11) is 0. The van der Waals surface area contributed by atoms with Crippen molar-refractivity contribution < 1.29 is 19.1 Å². The highest BCUT2D eigenvalue weighted by Gasteiger charge is 2.35. The zero-order valence-corrected chi connectivity index (χ0v) is 22.3. The molecule has 0 aliphatic carbocycles. The van der Waals surface area contributed by atoms with Crippen LogP contribution < -0.4 is 5.32 Å². The van der Waals surface area contributed by atoms with Crippen LogP contribution in [0.25, 0.3) is 0 Å². The minimum Gasteiger partial charge on any atom is -0.445 e. The Labute approximate surface area is 207 Å². The third-order valence-corrected chi connectivity index (χ3v) is 5.71. The molecular weight excluding hydrogens is 482 g/mol. The zero-order chi connectivity index (χ0) is 24.9. The fourth-order valence-corrected chi connectivity index (χ4v) is 3.75. The van der Waals surface area contributed by atoms with Crippen molar-refractivity contribution >= 4 is 27.8 Å².